The number of nitrogens with zero attached hydrogens (tertiary/aromatic N) is 1. The molecule has 1 unspecified atom stereocenters. The fourth-order valence-electron chi connectivity index (χ4n) is 2.18. The van der Waals surface area contributed by atoms with Crippen molar-refractivity contribution in [3.05, 3.63) is 28.2 Å². The summed E-state index contributed by atoms with van der Waals surface area (Å²) in [7, 11) is -3.03. The number of nitrogens with two attached hydrogens (primary N) is 1. The zero-order chi connectivity index (χ0) is 14.2. The van der Waals surface area contributed by atoms with Gasteiger partial charge < -0.3 is 10.6 Å². The van der Waals surface area contributed by atoms with E-state index >= 15 is 0 Å². The Balaban J connectivity index is 2.25. The number of carbonyl (C=O) groups excluding carboxylic acids is 1. The van der Waals surface area contributed by atoms with Gasteiger partial charge in [-0.1, -0.05) is 15.9 Å². The molecule has 1 aromatic rings. The molecule has 0 aromatic heterocycles. The molecule has 5 nitrogen and oxygen atoms in total. The molecule has 104 valence electrons. The first kappa shape index (κ1) is 14.3. The van der Waals surface area contributed by atoms with E-state index in [1.807, 2.05) is 0 Å². The van der Waals surface area contributed by atoms with Crippen molar-refractivity contribution in [2.75, 3.05) is 23.8 Å². The number of carbonyl (C=O) groups is 1. The first-order valence-electron chi connectivity index (χ1n) is 5.86. The molecule has 1 fully saturated rings. The molecule has 1 aliphatic heterocycles. The third kappa shape index (κ3) is 3.09. The third-order valence-electron chi connectivity index (χ3n) is 3.18. The Hall–Kier alpha value is -1.08. The van der Waals surface area contributed by atoms with E-state index in [2.05, 4.69) is 15.9 Å². The average molecular weight is 347 g/mol. The summed E-state index contributed by atoms with van der Waals surface area (Å²) in [5.74, 6) is -0.193. The summed E-state index contributed by atoms with van der Waals surface area (Å²) in [4.78, 5) is 14.0. The van der Waals surface area contributed by atoms with Crippen LogP contribution in [0.3, 0.4) is 0 Å². The smallest absolute Gasteiger partial charge is 0.256 e. The number of anilines is 1. The zero-order valence-electron chi connectivity index (χ0n) is 10.5. The second kappa shape index (κ2) is 5.13. The van der Waals surface area contributed by atoms with Gasteiger partial charge in [-0.2, -0.15) is 0 Å². The van der Waals surface area contributed by atoms with Gasteiger partial charge in [0.05, 0.1) is 17.1 Å². The normalized spacial score (nSPS) is 22.2. The standard InChI is InChI=1S/C12H15BrN2O3S/c1-8-7-19(17,18)5-4-15(8)12(16)10-3-2-9(13)6-11(10)14/h2-3,6,8H,4-5,7,14H2,1H3. The quantitative estimate of drug-likeness (QED) is 0.777. The Labute approximate surface area is 120 Å². The summed E-state index contributed by atoms with van der Waals surface area (Å²) in [6, 6.07) is 4.74. The maximum atomic E-state index is 12.4. The summed E-state index contributed by atoms with van der Waals surface area (Å²) < 4.78 is 23.8. The van der Waals surface area contributed by atoms with Crippen LogP contribution in [0.4, 0.5) is 5.69 Å². The molecule has 0 bridgehead atoms. The van der Waals surface area contributed by atoms with Crippen molar-refractivity contribution in [2.45, 2.75) is 13.0 Å². The molecule has 2 rings (SSSR count). The van der Waals surface area contributed by atoms with E-state index in [0.29, 0.717) is 11.3 Å². The SMILES string of the molecule is CC1CS(=O)(=O)CCN1C(=O)c1ccc(Br)cc1N. The summed E-state index contributed by atoms with van der Waals surface area (Å²) in [6.45, 7) is 1.96. The molecule has 0 saturated carbocycles. The van der Waals surface area contributed by atoms with Crippen LogP contribution in [-0.4, -0.2) is 43.3 Å². The van der Waals surface area contributed by atoms with Crippen molar-refractivity contribution in [3.8, 4) is 0 Å². The lowest BCUT2D eigenvalue weighted by molar-refractivity contribution is 0.0713. The van der Waals surface area contributed by atoms with Crippen molar-refractivity contribution in [3.63, 3.8) is 0 Å². The minimum absolute atomic E-state index is 0.00910. The van der Waals surface area contributed by atoms with Crippen LogP contribution in [0.5, 0.6) is 0 Å². The molecule has 7 heteroatoms. The van der Waals surface area contributed by atoms with Gasteiger partial charge in [0, 0.05) is 22.7 Å². The van der Waals surface area contributed by atoms with Crippen LogP contribution in [0.15, 0.2) is 22.7 Å². The van der Waals surface area contributed by atoms with E-state index in [9.17, 15) is 13.2 Å². The van der Waals surface area contributed by atoms with Gasteiger partial charge in [-0.15, -0.1) is 0 Å². The van der Waals surface area contributed by atoms with Gasteiger partial charge in [-0.25, -0.2) is 8.42 Å². The number of benzene rings is 1. The van der Waals surface area contributed by atoms with E-state index in [1.165, 1.54) is 0 Å². The Kier molecular flexibility index (Phi) is 3.87. The van der Waals surface area contributed by atoms with E-state index in [-0.39, 0.29) is 30.0 Å². The second-order valence-electron chi connectivity index (χ2n) is 4.69. The number of amides is 1. The largest absolute Gasteiger partial charge is 0.398 e. The fraction of sp³-hybridized carbons (Fsp3) is 0.417. The summed E-state index contributed by atoms with van der Waals surface area (Å²) in [5, 5.41) is 0. The highest BCUT2D eigenvalue weighted by atomic mass is 79.9. The molecule has 1 aromatic carbocycles. The minimum Gasteiger partial charge on any atom is -0.398 e. The highest BCUT2D eigenvalue weighted by Gasteiger charge is 2.32. The van der Waals surface area contributed by atoms with Crippen molar-refractivity contribution in [2.24, 2.45) is 0 Å². The lowest BCUT2D eigenvalue weighted by Gasteiger charge is -2.33. The van der Waals surface area contributed by atoms with Gasteiger partial charge in [0.25, 0.3) is 5.91 Å². The molecule has 19 heavy (non-hydrogen) atoms. The molecule has 0 spiro atoms. The molecule has 0 aliphatic carbocycles. The topological polar surface area (TPSA) is 80.5 Å². The monoisotopic (exact) mass is 346 g/mol. The molecular formula is C12H15BrN2O3S. The van der Waals surface area contributed by atoms with Crippen molar-refractivity contribution < 1.29 is 13.2 Å². The van der Waals surface area contributed by atoms with Gasteiger partial charge in [-0.3, -0.25) is 4.79 Å². The van der Waals surface area contributed by atoms with Crippen molar-refractivity contribution in [1.82, 2.24) is 4.90 Å². The zero-order valence-corrected chi connectivity index (χ0v) is 12.9. The van der Waals surface area contributed by atoms with Crippen LogP contribution in [0.25, 0.3) is 0 Å². The molecule has 2 N–H and O–H groups in total. The molecule has 1 aliphatic rings. The minimum atomic E-state index is -3.03. The Morgan fingerprint density at radius 3 is 2.74 bits per heavy atom. The molecular weight excluding hydrogens is 332 g/mol. The number of rotatable bonds is 1. The number of sulfone groups is 1. The van der Waals surface area contributed by atoms with E-state index in [4.69, 9.17) is 5.73 Å². The van der Waals surface area contributed by atoms with Crippen LogP contribution >= 0.6 is 15.9 Å². The van der Waals surface area contributed by atoms with E-state index in [0.717, 1.165) is 4.47 Å². The molecule has 1 atom stereocenters. The molecule has 1 heterocycles. The maximum Gasteiger partial charge on any atom is 0.256 e. The number of hydrogen-bond donors (Lipinski definition) is 1. The van der Waals surface area contributed by atoms with Gasteiger partial charge in [0.15, 0.2) is 9.84 Å². The Morgan fingerprint density at radius 2 is 2.16 bits per heavy atom. The lowest BCUT2D eigenvalue weighted by Crippen LogP contribution is -2.49. The fourth-order valence-corrected chi connectivity index (χ4v) is 4.12. The number of nitrogen functional groups attached to an aromatic ring is 1. The molecule has 0 radical (unpaired) electrons. The summed E-state index contributed by atoms with van der Waals surface area (Å²) in [5.41, 5.74) is 6.63. The van der Waals surface area contributed by atoms with E-state index < -0.39 is 9.84 Å². The summed E-state index contributed by atoms with van der Waals surface area (Å²) >= 11 is 3.28. The van der Waals surface area contributed by atoms with Crippen LogP contribution in [-0.2, 0) is 9.84 Å². The predicted octanol–water partition coefficient (Wildman–Crippen LogP) is 1.29. The lowest BCUT2D eigenvalue weighted by atomic mass is 10.1. The first-order valence-corrected chi connectivity index (χ1v) is 8.48. The average Bonchev–Trinajstić information content (AvgIpc) is 2.26. The highest BCUT2D eigenvalue weighted by Crippen LogP contribution is 2.22. The summed E-state index contributed by atoms with van der Waals surface area (Å²) in [6.07, 6.45) is 0. The van der Waals surface area contributed by atoms with Gasteiger partial charge in [0.1, 0.15) is 0 Å². The predicted molar refractivity (Wildman–Crippen MR) is 77.7 cm³/mol. The highest BCUT2D eigenvalue weighted by molar-refractivity contribution is 9.10. The van der Waals surface area contributed by atoms with E-state index in [1.54, 1.807) is 30.0 Å². The van der Waals surface area contributed by atoms with Crippen LogP contribution < -0.4 is 5.73 Å². The van der Waals surface area contributed by atoms with Gasteiger partial charge in [-0.05, 0) is 25.1 Å². The maximum absolute atomic E-state index is 12.4. The van der Waals surface area contributed by atoms with Crippen molar-refractivity contribution in [1.29, 1.82) is 0 Å². The van der Waals surface area contributed by atoms with Crippen LogP contribution in [0, 0.1) is 0 Å². The first-order chi connectivity index (χ1) is 8.80. The Bertz CT molecular complexity index is 615. The van der Waals surface area contributed by atoms with Crippen LogP contribution in [0.1, 0.15) is 17.3 Å². The number of hydrogen-bond acceptors (Lipinski definition) is 4. The van der Waals surface area contributed by atoms with Crippen molar-refractivity contribution >= 4 is 37.4 Å². The molecule has 1 saturated heterocycles. The molecule has 1 amide bonds. The van der Waals surface area contributed by atoms with Crippen LogP contribution in [0.2, 0.25) is 0 Å². The third-order valence-corrected chi connectivity index (χ3v) is 5.46. The van der Waals surface area contributed by atoms with Gasteiger partial charge >= 0.3 is 0 Å². The Morgan fingerprint density at radius 1 is 1.47 bits per heavy atom. The number of halogens is 1. The second-order valence-corrected chi connectivity index (χ2v) is 7.84. The van der Waals surface area contributed by atoms with Gasteiger partial charge in [0.2, 0.25) is 0 Å².